The Kier molecular flexibility index (Phi) is 4.88. The van der Waals surface area contributed by atoms with Crippen LogP contribution < -0.4 is 5.32 Å². The van der Waals surface area contributed by atoms with Crippen LogP contribution in [0.2, 0.25) is 5.02 Å². The average Bonchev–Trinajstić information content (AvgIpc) is 2.69. The molecule has 6 nitrogen and oxygen atoms in total. The number of nitriles is 1. The van der Waals surface area contributed by atoms with E-state index in [1.54, 1.807) is 6.07 Å². The molecule has 0 saturated carbocycles. The van der Waals surface area contributed by atoms with Crippen LogP contribution in [0.5, 0.6) is 0 Å². The molecule has 0 bridgehead atoms. The molecule has 2 aliphatic rings. The molecule has 2 aromatic carbocycles. The van der Waals surface area contributed by atoms with Crippen LogP contribution in [0.15, 0.2) is 57.7 Å². The molecule has 1 fully saturated rings. The van der Waals surface area contributed by atoms with Crippen molar-refractivity contribution in [2.45, 2.75) is 24.9 Å². The van der Waals surface area contributed by atoms with E-state index in [1.165, 1.54) is 0 Å². The van der Waals surface area contributed by atoms with E-state index < -0.39 is 5.54 Å². The van der Waals surface area contributed by atoms with Gasteiger partial charge in [0, 0.05) is 31.1 Å². The SMILES string of the molecule is N#Cc1ccc2c(c1)NC1(CCOCC1)C(N=NCc1cccc(Cl)c1)=N2. The van der Waals surface area contributed by atoms with Crippen LogP contribution in [0.25, 0.3) is 0 Å². The molecule has 2 aliphatic heterocycles. The molecule has 1 saturated heterocycles. The predicted molar refractivity (Wildman–Crippen MR) is 105 cm³/mol. The Bertz CT molecular complexity index is 957. The lowest BCUT2D eigenvalue weighted by Gasteiger charge is -2.40. The van der Waals surface area contributed by atoms with Crippen molar-refractivity contribution in [2.24, 2.45) is 15.2 Å². The Balaban J connectivity index is 1.65. The highest BCUT2D eigenvalue weighted by atomic mass is 35.5. The first-order valence-electron chi connectivity index (χ1n) is 8.80. The van der Waals surface area contributed by atoms with Crippen molar-refractivity contribution in [1.29, 1.82) is 5.26 Å². The number of anilines is 1. The summed E-state index contributed by atoms with van der Waals surface area (Å²) < 4.78 is 5.53. The van der Waals surface area contributed by atoms with Crippen LogP contribution in [0.1, 0.15) is 24.0 Å². The van der Waals surface area contributed by atoms with E-state index in [0.717, 1.165) is 29.8 Å². The van der Waals surface area contributed by atoms with Crippen molar-refractivity contribution in [1.82, 2.24) is 0 Å². The number of halogens is 1. The summed E-state index contributed by atoms with van der Waals surface area (Å²) in [5, 5.41) is 22.2. The molecule has 0 atom stereocenters. The molecule has 2 aromatic rings. The zero-order valence-corrected chi connectivity index (χ0v) is 15.4. The summed E-state index contributed by atoms with van der Waals surface area (Å²) in [6.45, 7) is 1.69. The molecule has 136 valence electrons. The standard InChI is InChI=1S/C20H18ClN5O/c21-16-3-1-2-15(10-16)13-23-26-19-20(6-8-27-9-7-20)25-18-11-14(12-22)4-5-17(18)24-19/h1-5,10-11,25H,6-9,13H2. The summed E-state index contributed by atoms with van der Waals surface area (Å²) in [5.74, 6) is 0.657. The topological polar surface area (TPSA) is 82.1 Å². The van der Waals surface area contributed by atoms with Crippen LogP contribution in [0.4, 0.5) is 11.4 Å². The van der Waals surface area contributed by atoms with Crippen molar-refractivity contribution in [2.75, 3.05) is 18.5 Å². The minimum Gasteiger partial charge on any atom is -0.381 e. The number of azo groups is 1. The van der Waals surface area contributed by atoms with E-state index in [0.29, 0.717) is 36.2 Å². The van der Waals surface area contributed by atoms with Gasteiger partial charge in [0.15, 0.2) is 5.84 Å². The highest BCUT2D eigenvalue weighted by Gasteiger charge is 2.41. The summed E-state index contributed by atoms with van der Waals surface area (Å²) in [5.41, 5.74) is 2.80. The number of nitrogens with one attached hydrogen (secondary N) is 1. The van der Waals surface area contributed by atoms with Gasteiger partial charge >= 0.3 is 0 Å². The van der Waals surface area contributed by atoms with Crippen LogP contribution in [0.3, 0.4) is 0 Å². The Morgan fingerprint density at radius 2 is 2.07 bits per heavy atom. The van der Waals surface area contributed by atoms with Crippen molar-refractivity contribution >= 4 is 28.8 Å². The highest BCUT2D eigenvalue weighted by Crippen LogP contribution is 2.39. The molecule has 0 amide bonds. The van der Waals surface area contributed by atoms with Gasteiger partial charge in [-0.2, -0.15) is 10.4 Å². The van der Waals surface area contributed by atoms with Gasteiger partial charge in [-0.1, -0.05) is 23.7 Å². The molecule has 1 N–H and O–H groups in total. The molecular formula is C20H18ClN5O. The van der Waals surface area contributed by atoms with Crippen LogP contribution in [-0.4, -0.2) is 24.6 Å². The summed E-state index contributed by atoms with van der Waals surface area (Å²) >= 11 is 6.03. The maximum Gasteiger partial charge on any atom is 0.176 e. The van der Waals surface area contributed by atoms with Gasteiger partial charge in [-0.3, -0.25) is 0 Å². The largest absolute Gasteiger partial charge is 0.381 e. The second-order valence-corrected chi connectivity index (χ2v) is 7.06. The number of amidine groups is 1. The molecular weight excluding hydrogens is 362 g/mol. The predicted octanol–water partition coefficient (Wildman–Crippen LogP) is 4.87. The third-order valence-corrected chi connectivity index (χ3v) is 5.04. The summed E-state index contributed by atoms with van der Waals surface area (Å²) in [6.07, 6.45) is 1.50. The summed E-state index contributed by atoms with van der Waals surface area (Å²) in [6, 6.07) is 15.2. The quantitative estimate of drug-likeness (QED) is 0.755. The molecule has 2 heterocycles. The number of ether oxygens (including phenoxy) is 1. The monoisotopic (exact) mass is 379 g/mol. The molecule has 0 unspecified atom stereocenters. The number of rotatable bonds is 2. The minimum atomic E-state index is -0.419. The number of fused-ring (bicyclic) bond motifs is 1. The lowest BCUT2D eigenvalue weighted by molar-refractivity contribution is 0.0776. The fraction of sp³-hybridized carbons (Fsp3) is 0.300. The zero-order valence-electron chi connectivity index (χ0n) is 14.7. The van der Waals surface area contributed by atoms with Gasteiger partial charge < -0.3 is 10.1 Å². The number of hydrogen-bond acceptors (Lipinski definition) is 6. The number of benzene rings is 2. The molecule has 0 aliphatic carbocycles. The maximum atomic E-state index is 9.16. The molecule has 7 heteroatoms. The highest BCUT2D eigenvalue weighted by molar-refractivity contribution is 6.30. The Labute approximate surface area is 162 Å². The van der Waals surface area contributed by atoms with Crippen LogP contribution in [0, 0.1) is 11.3 Å². The molecule has 0 aromatic heterocycles. The van der Waals surface area contributed by atoms with Crippen molar-refractivity contribution < 1.29 is 4.74 Å². The lowest BCUT2D eigenvalue weighted by atomic mass is 9.86. The Morgan fingerprint density at radius 1 is 1.22 bits per heavy atom. The van der Waals surface area contributed by atoms with E-state index in [2.05, 4.69) is 21.6 Å². The van der Waals surface area contributed by atoms with Crippen molar-refractivity contribution in [3.8, 4) is 6.07 Å². The van der Waals surface area contributed by atoms with Gasteiger partial charge in [0.05, 0.1) is 29.6 Å². The first-order valence-corrected chi connectivity index (χ1v) is 9.18. The maximum absolute atomic E-state index is 9.16. The normalized spacial score (nSPS) is 17.9. The number of hydrogen-bond donors (Lipinski definition) is 1. The van der Waals surface area contributed by atoms with Gasteiger partial charge in [0.25, 0.3) is 0 Å². The van der Waals surface area contributed by atoms with Crippen molar-refractivity contribution in [3.05, 3.63) is 58.6 Å². The van der Waals surface area contributed by atoms with Crippen molar-refractivity contribution in [3.63, 3.8) is 0 Å². The Hall–Kier alpha value is -2.75. The molecule has 4 rings (SSSR count). The number of nitrogens with zero attached hydrogens (tertiary/aromatic N) is 4. The smallest absolute Gasteiger partial charge is 0.176 e. The van der Waals surface area contributed by atoms with Crippen LogP contribution >= 0.6 is 11.6 Å². The fourth-order valence-electron chi connectivity index (χ4n) is 3.34. The first kappa shape index (κ1) is 17.7. The molecule has 27 heavy (non-hydrogen) atoms. The van der Waals surface area contributed by atoms with E-state index in [4.69, 9.17) is 26.6 Å². The first-order chi connectivity index (χ1) is 13.2. The molecule has 1 spiro atoms. The van der Waals surface area contributed by atoms with Gasteiger partial charge in [-0.05, 0) is 35.9 Å². The lowest BCUT2D eigenvalue weighted by Crippen LogP contribution is -2.51. The minimum absolute atomic E-state index is 0.419. The van der Waals surface area contributed by atoms with E-state index in [-0.39, 0.29) is 0 Å². The van der Waals surface area contributed by atoms with Gasteiger partial charge in [0.2, 0.25) is 0 Å². The third kappa shape index (κ3) is 3.70. The van der Waals surface area contributed by atoms with E-state index >= 15 is 0 Å². The number of aliphatic imine (C=N–C) groups is 1. The average molecular weight is 380 g/mol. The third-order valence-electron chi connectivity index (χ3n) is 4.81. The summed E-state index contributed by atoms with van der Waals surface area (Å²) in [7, 11) is 0. The fourth-order valence-corrected chi connectivity index (χ4v) is 3.56. The second kappa shape index (κ2) is 7.47. The summed E-state index contributed by atoms with van der Waals surface area (Å²) in [4.78, 5) is 4.75. The van der Waals surface area contributed by atoms with E-state index in [9.17, 15) is 0 Å². The van der Waals surface area contributed by atoms with Gasteiger partial charge in [0.1, 0.15) is 5.54 Å². The zero-order chi connectivity index (χ0) is 18.7. The van der Waals surface area contributed by atoms with Crippen LogP contribution in [-0.2, 0) is 11.3 Å². The van der Waals surface area contributed by atoms with E-state index in [1.807, 2.05) is 36.4 Å². The van der Waals surface area contributed by atoms with Gasteiger partial charge in [-0.25, -0.2) is 4.99 Å². The second-order valence-electron chi connectivity index (χ2n) is 6.63. The molecule has 0 radical (unpaired) electrons. The Morgan fingerprint density at radius 3 is 2.85 bits per heavy atom. The van der Waals surface area contributed by atoms with Gasteiger partial charge in [-0.15, -0.1) is 5.11 Å².